The van der Waals surface area contributed by atoms with Crippen molar-refractivity contribution in [1.82, 2.24) is 9.97 Å². The molecule has 1 aliphatic rings. The van der Waals surface area contributed by atoms with Gasteiger partial charge in [0.1, 0.15) is 0 Å². The van der Waals surface area contributed by atoms with Crippen molar-refractivity contribution in [3.8, 4) is 0 Å². The summed E-state index contributed by atoms with van der Waals surface area (Å²) in [6.45, 7) is 4.01. The Kier molecular flexibility index (Phi) is 3.61. The van der Waals surface area contributed by atoms with Gasteiger partial charge in [0, 0.05) is 19.1 Å². The van der Waals surface area contributed by atoms with Gasteiger partial charge < -0.3 is 10.6 Å². The molecular formula is C11H17ClN4. The molecule has 0 aromatic carbocycles. The van der Waals surface area contributed by atoms with E-state index in [1.165, 1.54) is 6.42 Å². The highest BCUT2D eigenvalue weighted by Crippen LogP contribution is 2.22. The van der Waals surface area contributed by atoms with Crippen LogP contribution >= 0.6 is 11.6 Å². The maximum absolute atomic E-state index is 5.94. The molecule has 2 unspecified atom stereocenters. The average molecular weight is 241 g/mol. The van der Waals surface area contributed by atoms with Gasteiger partial charge in [0.2, 0.25) is 5.95 Å². The molecule has 0 amide bonds. The molecule has 0 radical (unpaired) electrons. The molecule has 2 rings (SSSR count). The Morgan fingerprint density at radius 3 is 2.81 bits per heavy atom. The van der Waals surface area contributed by atoms with Crippen LogP contribution in [0.5, 0.6) is 0 Å². The second kappa shape index (κ2) is 4.97. The van der Waals surface area contributed by atoms with Crippen molar-refractivity contribution in [2.24, 2.45) is 11.7 Å². The highest BCUT2D eigenvalue weighted by Gasteiger charge is 2.23. The fourth-order valence-corrected chi connectivity index (χ4v) is 2.19. The molecule has 4 nitrogen and oxygen atoms in total. The van der Waals surface area contributed by atoms with E-state index in [2.05, 4.69) is 21.8 Å². The fourth-order valence-electron chi connectivity index (χ4n) is 2.09. The second-order valence-electron chi connectivity index (χ2n) is 4.41. The quantitative estimate of drug-likeness (QED) is 0.855. The van der Waals surface area contributed by atoms with Crippen molar-refractivity contribution in [1.29, 1.82) is 0 Å². The van der Waals surface area contributed by atoms with Crippen LogP contribution in [0.1, 0.15) is 19.8 Å². The lowest BCUT2D eigenvalue weighted by molar-refractivity contribution is 0.362. The molecule has 2 heterocycles. The predicted molar refractivity (Wildman–Crippen MR) is 65.6 cm³/mol. The molecule has 1 saturated heterocycles. The summed E-state index contributed by atoms with van der Waals surface area (Å²) in [7, 11) is 0. The zero-order chi connectivity index (χ0) is 11.5. The molecule has 0 saturated carbocycles. The van der Waals surface area contributed by atoms with Gasteiger partial charge in [-0.2, -0.15) is 0 Å². The van der Waals surface area contributed by atoms with Crippen LogP contribution < -0.4 is 10.6 Å². The van der Waals surface area contributed by atoms with E-state index < -0.39 is 0 Å². The minimum atomic E-state index is 0.232. The average Bonchev–Trinajstić information content (AvgIpc) is 2.30. The number of anilines is 1. The first-order valence-corrected chi connectivity index (χ1v) is 6.02. The summed E-state index contributed by atoms with van der Waals surface area (Å²) in [5, 5.41) is 0.574. The van der Waals surface area contributed by atoms with Gasteiger partial charge in [0.15, 0.2) is 0 Å². The highest BCUT2D eigenvalue weighted by molar-refractivity contribution is 6.30. The largest absolute Gasteiger partial charge is 0.340 e. The first kappa shape index (κ1) is 11.6. The number of hydrogen-bond donors (Lipinski definition) is 1. The Balaban J connectivity index is 2.06. The number of nitrogens with zero attached hydrogens (tertiary/aromatic N) is 3. The molecule has 16 heavy (non-hydrogen) atoms. The number of hydrogen-bond acceptors (Lipinski definition) is 4. The smallest absolute Gasteiger partial charge is 0.225 e. The van der Waals surface area contributed by atoms with Crippen LogP contribution in [0.3, 0.4) is 0 Å². The molecule has 0 spiro atoms. The summed E-state index contributed by atoms with van der Waals surface area (Å²) >= 11 is 5.77. The third-order valence-electron chi connectivity index (χ3n) is 3.09. The van der Waals surface area contributed by atoms with Gasteiger partial charge in [-0.25, -0.2) is 9.97 Å². The van der Waals surface area contributed by atoms with E-state index in [0.29, 0.717) is 10.9 Å². The number of nitrogens with two attached hydrogens (primary N) is 1. The molecule has 2 atom stereocenters. The van der Waals surface area contributed by atoms with Crippen LogP contribution in [-0.4, -0.2) is 29.1 Å². The van der Waals surface area contributed by atoms with E-state index in [1.807, 2.05) is 0 Å². The zero-order valence-electron chi connectivity index (χ0n) is 9.43. The Bertz CT molecular complexity index is 338. The van der Waals surface area contributed by atoms with Crippen LogP contribution in [0.15, 0.2) is 12.4 Å². The summed E-state index contributed by atoms with van der Waals surface area (Å²) in [6.07, 6.45) is 5.62. The standard InChI is InChI=1S/C11H17ClN4/c1-8(13)9-3-2-4-16(7-9)11-14-5-10(12)6-15-11/h5-6,8-9H,2-4,7,13H2,1H3. The maximum atomic E-state index is 5.94. The van der Waals surface area contributed by atoms with Crippen molar-refractivity contribution >= 4 is 17.5 Å². The number of piperidine rings is 1. The lowest BCUT2D eigenvalue weighted by Crippen LogP contribution is -2.43. The summed E-state index contributed by atoms with van der Waals surface area (Å²) in [5.41, 5.74) is 5.94. The van der Waals surface area contributed by atoms with Gasteiger partial charge in [-0.05, 0) is 25.7 Å². The van der Waals surface area contributed by atoms with Gasteiger partial charge in [0.05, 0.1) is 17.4 Å². The molecule has 1 aliphatic heterocycles. The molecule has 1 fully saturated rings. The van der Waals surface area contributed by atoms with E-state index in [0.717, 1.165) is 25.5 Å². The Morgan fingerprint density at radius 1 is 1.50 bits per heavy atom. The molecule has 0 bridgehead atoms. The van der Waals surface area contributed by atoms with Crippen molar-refractivity contribution in [3.63, 3.8) is 0 Å². The van der Waals surface area contributed by atoms with E-state index in [-0.39, 0.29) is 6.04 Å². The molecule has 0 aliphatic carbocycles. The molecule has 1 aromatic rings. The van der Waals surface area contributed by atoms with Crippen molar-refractivity contribution in [2.45, 2.75) is 25.8 Å². The predicted octanol–water partition coefficient (Wildman–Crippen LogP) is 1.69. The number of rotatable bonds is 2. The first-order chi connectivity index (χ1) is 7.66. The third-order valence-corrected chi connectivity index (χ3v) is 3.29. The van der Waals surface area contributed by atoms with Crippen LogP contribution in [0.2, 0.25) is 5.02 Å². The lowest BCUT2D eigenvalue weighted by atomic mass is 9.92. The molecule has 1 aromatic heterocycles. The van der Waals surface area contributed by atoms with Gasteiger partial charge in [-0.3, -0.25) is 0 Å². The van der Waals surface area contributed by atoms with Gasteiger partial charge in [-0.1, -0.05) is 11.6 Å². The van der Waals surface area contributed by atoms with E-state index in [4.69, 9.17) is 17.3 Å². The maximum Gasteiger partial charge on any atom is 0.225 e. The number of aromatic nitrogens is 2. The first-order valence-electron chi connectivity index (χ1n) is 5.65. The van der Waals surface area contributed by atoms with E-state index in [1.54, 1.807) is 12.4 Å². The minimum absolute atomic E-state index is 0.232. The SMILES string of the molecule is CC(N)C1CCCN(c2ncc(Cl)cn2)C1. The van der Waals surface area contributed by atoms with Crippen molar-refractivity contribution in [2.75, 3.05) is 18.0 Å². The third kappa shape index (κ3) is 2.62. The van der Waals surface area contributed by atoms with E-state index >= 15 is 0 Å². The topological polar surface area (TPSA) is 55.0 Å². The Morgan fingerprint density at radius 2 is 2.19 bits per heavy atom. The molecule has 88 valence electrons. The van der Waals surface area contributed by atoms with Gasteiger partial charge in [-0.15, -0.1) is 0 Å². The summed E-state index contributed by atoms with van der Waals surface area (Å²) in [6, 6.07) is 0.232. The summed E-state index contributed by atoms with van der Waals surface area (Å²) in [5.74, 6) is 1.29. The molecular weight excluding hydrogens is 224 g/mol. The van der Waals surface area contributed by atoms with Crippen molar-refractivity contribution in [3.05, 3.63) is 17.4 Å². The highest BCUT2D eigenvalue weighted by atomic mass is 35.5. The lowest BCUT2D eigenvalue weighted by Gasteiger charge is -2.34. The normalized spacial score (nSPS) is 23.2. The zero-order valence-corrected chi connectivity index (χ0v) is 10.2. The summed E-state index contributed by atoms with van der Waals surface area (Å²) in [4.78, 5) is 10.7. The van der Waals surface area contributed by atoms with Gasteiger partial charge >= 0.3 is 0 Å². The molecule has 2 N–H and O–H groups in total. The second-order valence-corrected chi connectivity index (χ2v) is 4.85. The minimum Gasteiger partial charge on any atom is -0.340 e. The van der Waals surface area contributed by atoms with Crippen LogP contribution in [0, 0.1) is 5.92 Å². The monoisotopic (exact) mass is 240 g/mol. The van der Waals surface area contributed by atoms with E-state index in [9.17, 15) is 0 Å². The Labute approximate surface area is 101 Å². The van der Waals surface area contributed by atoms with Crippen molar-refractivity contribution < 1.29 is 0 Å². The van der Waals surface area contributed by atoms with Crippen LogP contribution in [0.25, 0.3) is 0 Å². The summed E-state index contributed by atoms with van der Waals surface area (Å²) < 4.78 is 0. The van der Waals surface area contributed by atoms with Gasteiger partial charge in [0.25, 0.3) is 0 Å². The number of halogens is 1. The van der Waals surface area contributed by atoms with Crippen LogP contribution in [0.4, 0.5) is 5.95 Å². The van der Waals surface area contributed by atoms with Crippen LogP contribution in [-0.2, 0) is 0 Å². The molecule has 5 heteroatoms. The Hall–Kier alpha value is -0.870. The fraction of sp³-hybridized carbons (Fsp3) is 0.636.